The zero-order valence-corrected chi connectivity index (χ0v) is 17.1. The van der Waals surface area contributed by atoms with Crippen LogP contribution in [-0.4, -0.2) is 35.6 Å². The molecular formula is C23H24N4O3. The summed E-state index contributed by atoms with van der Waals surface area (Å²) in [5, 5.41) is 2.92. The number of aryl methyl sites for hydroxylation is 1. The smallest absolute Gasteiger partial charge is 0.259 e. The van der Waals surface area contributed by atoms with E-state index >= 15 is 0 Å². The molecule has 4 rings (SSSR count). The molecule has 1 amide bonds. The van der Waals surface area contributed by atoms with Crippen LogP contribution in [0, 0.1) is 0 Å². The molecule has 7 nitrogen and oxygen atoms in total. The Kier molecular flexibility index (Phi) is 5.79. The van der Waals surface area contributed by atoms with Crippen molar-refractivity contribution in [1.82, 2.24) is 9.97 Å². The highest BCUT2D eigenvalue weighted by Gasteiger charge is 2.26. The fourth-order valence-electron chi connectivity index (χ4n) is 3.30. The Balaban J connectivity index is 1.58. The molecule has 0 saturated heterocycles. The molecule has 1 aliphatic heterocycles. The number of carbonyl (C=O) groups excluding carboxylic acids is 1. The van der Waals surface area contributed by atoms with Crippen molar-refractivity contribution < 1.29 is 14.3 Å². The molecule has 0 fully saturated rings. The average Bonchev–Trinajstić information content (AvgIpc) is 2.80. The van der Waals surface area contributed by atoms with Gasteiger partial charge in [-0.25, -0.2) is 9.97 Å². The fraction of sp³-hybridized carbons (Fsp3) is 0.261. The van der Waals surface area contributed by atoms with Crippen molar-refractivity contribution in [2.75, 3.05) is 30.0 Å². The van der Waals surface area contributed by atoms with E-state index in [1.807, 2.05) is 60.6 Å². The average molecular weight is 404 g/mol. The SMILES string of the molecule is CCOc1ccc(NC(=O)c2cccc3c2OCCN3c2ncc(CC)cn2)cc1. The molecular weight excluding hydrogens is 380 g/mol. The van der Waals surface area contributed by atoms with Gasteiger partial charge in [-0.05, 0) is 55.3 Å². The van der Waals surface area contributed by atoms with Crippen LogP contribution in [0.25, 0.3) is 0 Å². The Hall–Kier alpha value is -3.61. The minimum atomic E-state index is -0.236. The molecule has 0 bridgehead atoms. The van der Waals surface area contributed by atoms with Crippen molar-refractivity contribution in [3.63, 3.8) is 0 Å². The number of para-hydroxylation sites is 1. The molecule has 3 aromatic rings. The van der Waals surface area contributed by atoms with Gasteiger partial charge in [0.15, 0.2) is 5.75 Å². The maximum Gasteiger partial charge on any atom is 0.259 e. The summed E-state index contributed by atoms with van der Waals surface area (Å²) in [4.78, 5) is 23.9. The number of aromatic nitrogens is 2. The molecule has 1 aromatic heterocycles. The second-order valence-corrected chi connectivity index (χ2v) is 6.81. The lowest BCUT2D eigenvalue weighted by Gasteiger charge is -2.30. The van der Waals surface area contributed by atoms with Crippen LogP contribution in [0.5, 0.6) is 11.5 Å². The van der Waals surface area contributed by atoms with Crippen LogP contribution in [0.3, 0.4) is 0 Å². The number of fused-ring (bicyclic) bond motifs is 1. The molecule has 0 atom stereocenters. The van der Waals surface area contributed by atoms with E-state index in [0.717, 1.165) is 23.4 Å². The Bertz CT molecular complexity index is 1020. The molecule has 0 unspecified atom stereocenters. The normalized spacial score (nSPS) is 12.7. The van der Waals surface area contributed by atoms with Gasteiger partial charge in [0.2, 0.25) is 5.95 Å². The first-order valence-electron chi connectivity index (χ1n) is 10.1. The van der Waals surface area contributed by atoms with Gasteiger partial charge < -0.3 is 19.7 Å². The quantitative estimate of drug-likeness (QED) is 0.663. The van der Waals surface area contributed by atoms with E-state index in [0.29, 0.717) is 42.7 Å². The highest BCUT2D eigenvalue weighted by atomic mass is 16.5. The third-order valence-electron chi connectivity index (χ3n) is 4.86. The molecule has 0 radical (unpaired) electrons. The van der Waals surface area contributed by atoms with Gasteiger partial charge in [-0.1, -0.05) is 13.0 Å². The minimum Gasteiger partial charge on any atom is -0.494 e. The van der Waals surface area contributed by atoms with Crippen LogP contribution in [-0.2, 0) is 6.42 Å². The topological polar surface area (TPSA) is 76.6 Å². The Labute approximate surface area is 175 Å². The lowest BCUT2D eigenvalue weighted by molar-refractivity contribution is 0.102. The van der Waals surface area contributed by atoms with Gasteiger partial charge in [0.25, 0.3) is 5.91 Å². The molecule has 2 heterocycles. The Morgan fingerprint density at radius 2 is 1.90 bits per heavy atom. The number of anilines is 3. The van der Waals surface area contributed by atoms with Gasteiger partial charge in [0, 0.05) is 18.1 Å². The van der Waals surface area contributed by atoms with E-state index in [-0.39, 0.29) is 5.91 Å². The molecule has 30 heavy (non-hydrogen) atoms. The molecule has 0 spiro atoms. The van der Waals surface area contributed by atoms with Gasteiger partial charge in [0.1, 0.15) is 12.4 Å². The maximum atomic E-state index is 13.0. The number of carbonyl (C=O) groups is 1. The van der Waals surface area contributed by atoms with Crippen LogP contribution in [0.4, 0.5) is 17.3 Å². The van der Waals surface area contributed by atoms with Gasteiger partial charge >= 0.3 is 0 Å². The summed E-state index contributed by atoms with van der Waals surface area (Å²) >= 11 is 0. The van der Waals surface area contributed by atoms with Crippen molar-refractivity contribution in [3.8, 4) is 11.5 Å². The fourth-order valence-corrected chi connectivity index (χ4v) is 3.30. The van der Waals surface area contributed by atoms with Crippen LogP contribution < -0.4 is 19.7 Å². The van der Waals surface area contributed by atoms with E-state index < -0.39 is 0 Å². The zero-order chi connectivity index (χ0) is 20.9. The van der Waals surface area contributed by atoms with Crippen LogP contribution in [0.1, 0.15) is 29.8 Å². The largest absolute Gasteiger partial charge is 0.494 e. The molecule has 154 valence electrons. The van der Waals surface area contributed by atoms with E-state index in [2.05, 4.69) is 22.2 Å². The Morgan fingerprint density at radius 3 is 2.60 bits per heavy atom. The third-order valence-corrected chi connectivity index (χ3v) is 4.86. The molecule has 0 saturated carbocycles. The standard InChI is InChI=1S/C23H24N4O3/c1-3-16-14-24-23(25-15-16)27-12-13-30-21-19(6-5-7-20(21)27)22(28)26-17-8-10-18(11-9-17)29-4-2/h5-11,14-15H,3-4,12-13H2,1-2H3,(H,26,28). The molecule has 1 aliphatic rings. The summed E-state index contributed by atoms with van der Waals surface area (Å²) < 4.78 is 11.3. The van der Waals surface area contributed by atoms with Crippen molar-refractivity contribution in [2.24, 2.45) is 0 Å². The van der Waals surface area contributed by atoms with Gasteiger partial charge in [-0.3, -0.25) is 4.79 Å². The monoisotopic (exact) mass is 404 g/mol. The lowest BCUT2D eigenvalue weighted by Crippen LogP contribution is -2.31. The van der Waals surface area contributed by atoms with Crippen LogP contribution in [0.2, 0.25) is 0 Å². The number of benzene rings is 2. The summed E-state index contributed by atoms with van der Waals surface area (Å²) in [6, 6.07) is 12.8. The first kappa shape index (κ1) is 19.7. The number of nitrogens with one attached hydrogen (secondary N) is 1. The van der Waals surface area contributed by atoms with Gasteiger partial charge in [-0.2, -0.15) is 0 Å². The first-order valence-corrected chi connectivity index (χ1v) is 10.1. The van der Waals surface area contributed by atoms with Crippen molar-refractivity contribution in [3.05, 3.63) is 66.0 Å². The number of amides is 1. The summed E-state index contributed by atoms with van der Waals surface area (Å²) in [5.74, 6) is 1.66. The van der Waals surface area contributed by atoms with Crippen molar-refractivity contribution in [1.29, 1.82) is 0 Å². The third kappa shape index (κ3) is 4.05. The molecule has 2 aromatic carbocycles. The van der Waals surface area contributed by atoms with Crippen LogP contribution >= 0.6 is 0 Å². The number of rotatable bonds is 6. The second-order valence-electron chi connectivity index (χ2n) is 6.81. The predicted octanol–water partition coefficient (Wildman–Crippen LogP) is 4.22. The number of ether oxygens (including phenoxy) is 2. The summed E-state index contributed by atoms with van der Waals surface area (Å²) in [5.41, 5.74) is 3.02. The van der Waals surface area contributed by atoms with Crippen molar-refractivity contribution in [2.45, 2.75) is 20.3 Å². The zero-order valence-electron chi connectivity index (χ0n) is 17.1. The summed E-state index contributed by atoms with van der Waals surface area (Å²) in [6.45, 7) is 5.65. The minimum absolute atomic E-state index is 0.236. The van der Waals surface area contributed by atoms with E-state index in [4.69, 9.17) is 9.47 Å². The number of nitrogens with zero attached hydrogens (tertiary/aromatic N) is 3. The second kappa shape index (κ2) is 8.82. The van der Waals surface area contributed by atoms with Crippen molar-refractivity contribution >= 4 is 23.2 Å². The van der Waals surface area contributed by atoms with E-state index in [9.17, 15) is 4.79 Å². The summed E-state index contributed by atoms with van der Waals surface area (Å²) in [7, 11) is 0. The highest BCUT2D eigenvalue weighted by molar-refractivity contribution is 6.07. The molecule has 1 N–H and O–H groups in total. The van der Waals surface area contributed by atoms with Gasteiger partial charge in [-0.15, -0.1) is 0 Å². The molecule has 7 heteroatoms. The van der Waals surface area contributed by atoms with E-state index in [1.54, 1.807) is 6.07 Å². The van der Waals surface area contributed by atoms with E-state index in [1.165, 1.54) is 0 Å². The predicted molar refractivity (Wildman–Crippen MR) is 116 cm³/mol. The number of hydrogen-bond donors (Lipinski definition) is 1. The Morgan fingerprint density at radius 1 is 1.13 bits per heavy atom. The van der Waals surface area contributed by atoms with Crippen LogP contribution in [0.15, 0.2) is 54.9 Å². The molecule has 0 aliphatic carbocycles. The first-order chi connectivity index (χ1) is 14.7. The number of hydrogen-bond acceptors (Lipinski definition) is 6. The summed E-state index contributed by atoms with van der Waals surface area (Å²) in [6.07, 6.45) is 4.55. The lowest BCUT2D eigenvalue weighted by atomic mass is 10.1. The highest BCUT2D eigenvalue weighted by Crippen LogP contribution is 2.38. The van der Waals surface area contributed by atoms with Gasteiger partial charge in [0.05, 0.1) is 24.4 Å². The maximum absolute atomic E-state index is 13.0.